The van der Waals surface area contributed by atoms with Crippen LogP contribution in [0.4, 0.5) is 10.1 Å². The van der Waals surface area contributed by atoms with E-state index in [1.807, 2.05) is 0 Å². The van der Waals surface area contributed by atoms with Gasteiger partial charge in [-0.2, -0.15) is 0 Å². The van der Waals surface area contributed by atoms with Gasteiger partial charge in [-0.05, 0) is 22.0 Å². The number of benzene rings is 1. The molecule has 0 fully saturated rings. The second kappa shape index (κ2) is 4.90. The second-order valence-electron chi connectivity index (χ2n) is 2.41. The molecule has 0 saturated carbocycles. The Morgan fingerprint density at radius 1 is 1.57 bits per heavy atom. The van der Waals surface area contributed by atoms with Crippen molar-refractivity contribution in [1.29, 1.82) is 0 Å². The normalized spacial score (nSPS) is 9.86. The van der Waals surface area contributed by atoms with E-state index in [-0.39, 0.29) is 18.0 Å². The lowest BCUT2D eigenvalue weighted by atomic mass is 10.3. The molecule has 1 rings (SSSR count). The zero-order valence-electron chi connectivity index (χ0n) is 7.07. The molecule has 14 heavy (non-hydrogen) atoms. The summed E-state index contributed by atoms with van der Waals surface area (Å²) in [5, 5.41) is 10.4. The fourth-order valence-electron chi connectivity index (χ4n) is 0.865. The molecule has 6 heteroatoms. The number of halogens is 2. The molecule has 0 aromatic heterocycles. The highest BCUT2D eigenvalue weighted by Crippen LogP contribution is 2.29. The minimum atomic E-state index is -0.630. The van der Waals surface area contributed by atoms with E-state index in [1.165, 1.54) is 18.2 Å². The Bertz CT molecular complexity index is 345. The zero-order valence-corrected chi connectivity index (χ0v) is 8.66. The van der Waals surface area contributed by atoms with Crippen molar-refractivity contribution in [3.8, 4) is 5.75 Å². The van der Waals surface area contributed by atoms with Crippen LogP contribution < -0.4 is 4.74 Å². The molecule has 0 N–H and O–H groups in total. The topological polar surface area (TPSA) is 52.4 Å². The van der Waals surface area contributed by atoms with Gasteiger partial charge in [0.1, 0.15) is 19.0 Å². The van der Waals surface area contributed by atoms with Crippen LogP contribution in [-0.4, -0.2) is 18.2 Å². The van der Waals surface area contributed by atoms with Gasteiger partial charge in [-0.3, -0.25) is 10.1 Å². The van der Waals surface area contributed by atoms with Crippen molar-refractivity contribution < 1.29 is 14.1 Å². The molecule has 76 valence electrons. The molecule has 0 aliphatic carbocycles. The molecule has 0 bridgehead atoms. The summed E-state index contributed by atoms with van der Waals surface area (Å²) in [7, 11) is 0. The summed E-state index contributed by atoms with van der Waals surface area (Å²) in [6.07, 6.45) is 0. The van der Waals surface area contributed by atoms with Crippen molar-refractivity contribution in [2.75, 3.05) is 13.3 Å². The van der Waals surface area contributed by atoms with Crippen molar-refractivity contribution in [3.05, 3.63) is 32.8 Å². The van der Waals surface area contributed by atoms with Crippen molar-refractivity contribution in [3.63, 3.8) is 0 Å². The molecule has 0 heterocycles. The first kappa shape index (κ1) is 10.9. The second-order valence-corrected chi connectivity index (χ2v) is 3.26. The van der Waals surface area contributed by atoms with Crippen LogP contribution in [0.3, 0.4) is 0 Å². The first-order valence-electron chi connectivity index (χ1n) is 3.78. The molecule has 0 atom stereocenters. The minimum absolute atomic E-state index is 0.0814. The van der Waals surface area contributed by atoms with E-state index in [9.17, 15) is 14.5 Å². The highest BCUT2D eigenvalue weighted by Gasteiger charge is 2.09. The summed E-state index contributed by atoms with van der Waals surface area (Å²) in [6, 6.07) is 4.08. The molecule has 4 nitrogen and oxygen atoms in total. The molecular formula is C8H7BrFNO3. The summed E-state index contributed by atoms with van der Waals surface area (Å²) < 4.78 is 17.3. The van der Waals surface area contributed by atoms with Gasteiger partial charge < -0.3 is 4.74 Å². The van der Waals surface area contributed by atoms with E-state index in [2.05, 4.69) is 15.9 Å². The third kappa shape index (κ3) is 2.66. The van der Waals surface area contributed by atoms with Gasteiger partial charge in [-0.1, -0.05) is 0 Å². The lowest BCUT2D eigenvalue weighted by molar-refractivity contribution is -0.385. The summed E-state index contributed by atoms with van der Waals surface area (Å²) in [6.45, 7) is -0.741. The van der Waals surface area contributed by atoms with Crippen molar-refractivity contribution >= 4 is 21.6 Å². The van der Waals surface area contributed by atoms with Gasteiger partial charge in [-0.15, -0.1) is 0 Å². The SMILES string of the molecule is O=[N+]([O-])c1ccc(Br)c(OCCF)c1. The molecule has 0 aliphatic rings. The van der Waals surface area contributed by atoms with Gasteiger partial charge in [0.2, 0.25) is 0 Å². The Labute approximate surface area is 88.0 Å². The summed E-state index contributed by atoms with van der Waals surface area (Å²) >= 11 is 3.14. The Balaban J connectivity index is 2.90. The summed E-state index contributed by atoms with van der Waals surface area (Å²) in [5.74, 6) is 0.275. The third-order valence-corrected chi connectivity index (χ3v) is 2.12. The lowest BCUT2D eigenvalue weighted by Crippen LogP contribution is -2.00. The van der Waals surface area contributed by atoms with Crippen LogP contribution in [0.25, 0.3) is 0 Å². The number of nitro groups is 1. The standard InChI is InChI=1S/C8H7BrFNO3/c9-7-2-1-6(11(12)13)5-8(7)14-4-3-10/h1-2,5H,3-4H2. The highest BCUT2D eigenvalue weighted by molar-refractivity contribution is 9.10. The van der Waals surface area contributed by atoms with E-state index >= 15 is 0 Å². The average Bonchev–Trinajstić information content (AvgIpc) is 2.16. The van der Waals surface area contributed by atoms with Gasteiger partial charge in [0.15, 0.2) is 0 Å². The van der Waals surface area contributed by atoms with E-state index < -0.39 is 11.6 Å². The van der Waals surface area contributed by atoms with Gasteiger partial charge in [0.25, 0.3) is 5.69 Å². The van der Waals surface area contributed by atoms with Crippen LogP contribution in [0.15, 0.2) is 22.7 Å². The maximum Gasteiger partial charge on any atom is 0.273 e. The molecule has 0 spiro atoms. The van der Waals surface area contributed by atoms with Crippen LogP contribution in [-0.2, 0) is 0 Å². The Morgan fingerprint density at radius 3 is 2.86 bits per heavy atom. The first-order chi connectivity index (χ1) is 6.65. The zero-order chi connectivity index (χ0) is 10.6. The number of ether oxygens (including phenoxy) is 1. The monoisotopic (exact) mass is 263 g/mol. The van der Waals surface area contributed by atoms with Crippen LogP contribution >= 0.6 is 15.9 Å². The van der Waals surface area contributed by atoms with Crippen molar-refractivity contribution in [1.82, 2.24) is 0 Å². The van der Waals surface area contributed by atoms with E-state index in [0.717, 1.165) is 0 Å². The van der Waals surface area contributed by atoms with Crippen LogP contribution in [0.2, 0.25) is 0 Å². The largest absolute Gasteiger partial charge is 0.489 e. The number of hydrogen-bond acceptors (Lipinski definition) is 3. The number of nitro benzene ring substituents is 1. The van der Waals surface area contributed by atoms with Crippen molar-refractivity contribution in [2.24, 2.45) is 0 Å². The fourth-order valence-corrected chi connectivity index (χ4v) is 1.23. The molecular weight excluding hydrogens is 257 g/mol. The quantitative estimate of drug-likeness (QED) is 0.620. The smallest absolute Gasteiger partial charge is 0.273 e. The summed E-state index contributed by atoms with van der Waals surface area (Å²) in [5.41, 5.74) is -0.0814. The van der Waals surface area contributed by atoms with E-state index in [1.54, 1.807) is 0 Å². The van der Waals surface area contributed by atoms with Crippen LogP contribution in [0.5, 0.6) is 5.75 Å². The molecule has 1 aromatic rings. The van der Waals surface area contributed by atoms with Crippen LogP contribution in [0.1, 0.15) is 0 Å². The minimum Gasteiger partial charge on any atom is -0.489 e. The predicted octanol–water partition coefficient (Wildman–Crippen LogP) is 2.71. The van der Waals surface area contributed by atoms with Crippen LogP contribution in [0, 0.1) is 10.1 Å². The summed E-state index contributed by atoms with van der Waals surface area (Å²) in [4.78, 5) is 9.87. The number of hydrogen-bond donors (Lipinski definition) is 0. The maximum absolute atomic E-state index is 11.8. The number of alkyl halides is 1. The van der Waals surface area contributed by atoms with E-state index in [4.69, 9.17) is 4.74 Å². The van der Waals surface area contributed by atoms with Gasteiger partial charge in [-0.25, -0.2) is 4.39 Å². The third-order valence-electron chi connectivity index (χ3n) is 1.46. The fraction of sp³-hybridized carbons (Fsp3) is 0.250. The molecule has 0 amide bonds. The molecule has 0 aliphatic heterocycles. The molecule has 1 aromatic carbocycles. The van der Waals surface area contributed by atoms with E-state index in [0.29, 0.717) is 4.47 Å². The Hall–Kier alpha value is -1.17. The molecule has 0 saturated heterocycles. The highest BCUT2D eigenvalue weighted by atomic mass is 79.9. The van der Waals surface area contributed by atoms with Gasteiger partial charge in [0, 0.05) is 6.07 Å². The average molecular weight is 264 g/mol. The molecule has 0 radical (unpaired) electrons. The number of non-ortho nitro benzene ring substituents is 1. The Kier molecular flexibility index (Phi) is 3.82. The Morgan fingerprint density at radius 2 is 2.29 bits per heavy atom. The maximum atomic E-state index is 11.8. The van der Waals surface area contributed by atoms with Crippen molar-refractivity contribution in [2.45, 2.75) is 0 Å². The lowest BCUT2D eigenvalue weighted by Gasteiger charge is -2.05. The van der Waals surface area contributed by atoms with Gasteiger partial charge in [0.05, 0.1) is 15.5 Å². The molecule has 0 unspecified atom stereocenters. The number of nitrogens with zero attached hydrogens (tertiary/aromatic N) is 1. The van der Waals surface area contributed by atoms with Gasteiger partial charge >= 0.3 is 0 Å². The number of rotatable bonds is 4. The predicted molar refractivity (Wildman–Crippen MR) is 52.3 cm³/mol. The first-order valence-corrected chi connectivity index (χ1v) is 4.57.